The molecule has 0 radical (unpaired) electrons. The summed E-state index contributed by atoms with van der Waals surface area (Å²) in [4.78, 5) is 14.3. The van der Waals surface area contributed by atoms with Gasteiger partial charge >= 0.3 is 0 Å². The lowest BCUT2D eigenvalue weighted by Crippen LogP contribution is -2.15. The van der Waals surface area contributed by atoms with Gasteiger partial charge in [0.1, 0.15) is 0 Å². The Bertz CT molecular complexity index is 590. The number of likely N-dealkylation sites (N-methyl/N-ethyl adjacent to an activating group) is 1. The van der Waals surface area contributed by atoms with Crippen molar-refractivity contribution in [1.82, 2.24) is 4.90 Å². The van der Waals surface area contributed by atoms with E-state index in [4.69, 9.17) is 0 Å². The molecule has 116 valence electrons. The van der Waals surface area contributed by atoms with Gasteiger partial charge in [-0.15, -0.1) is 0 Å². The lowest BCUT2D eigenvalue weighted by molar-refractivity contribution is 0.0980. The Morgan fingerprint density at radius 2 is 1.45 bits per heavy atom. The van der Waals surface area contributed by atoms with Gasteiger partial charge in [-0.2, -0.15) is 0 Å². The maximum absolute atomic E-state index is 12.1. The Hall–Kier alpha value is -1.93. The van der Waals surface area contributed by atoms with Crippen molar-refractivity contribution in [2.24, 2.45) is 0 Å². The van der Waals surface area contributed by atoms with Crippen LogP contribution in [0.1, 0.15) is 34.3 Å². The molecular weight excluding hydrogens is 270 g/mol. The highest BCUT2D eigenvalue weighted by molar-refractivity contribution is 5.95. The van der Waals surface area contributed by atoms with Crippen LogP contribution in [0.3, 0.4) is 0 Å². The van der Waals surface area contributed by atoms with Gasteiger partial charge in [0, 0.05) is 18.5 Å². The summed E-state index contributed by atoms with van der Waals surface area (Å²) in [5, 5.41) is 0. The van der Waals surface area contributed by atoms with Crippen molar-refractivity contribution in [3.05, 3.63) is 71.3 Å². The van der Waals surface area contributed by atoms with E-state index in [2.05, 4.69) is 43.3 Å². The third-order valence-electron chi connectivity index (χ3n) is 3.89. The average Bonchev–Trinajstić information content (AvgIpc) is 2.54. The zero-order valence-electron chi connectivity index (χ0n) is 13.6. The quantitative estimate of drug-likeness (QED) is 0.686. The van der Waals surface area contributed by atoms with Crippen molar-refractivity contribution < 1.29 is 4.79 Å². The lowest BCUT2D eigenvalue weighted by atomic mass is 9.97. The van der Waals surface area contributed by atoms with Crippen LogP contribution in [0.5, 0.6) is 0 Å². The molecule has 0 aliphatic heterocycles. The number of rotatable bonds is 8. The van der Waals surface area contributed by atoms with Crippen LogP contribution < -0.4 is 0 Å². The molecule has 0 saturated carbocycles. The van der Waals surface area contributed by atoms with E-state index in [0.29, 0.717) is 6.42 Å². The fourth-order valence-electron chi connectivity index (χ4n) is 2.60. The summed E-state index contributed by atoms with van der Waals surface area (Å²) in [5.74, 6) is 0.242. The number of carbonyl (C=O) groups is 1. The number of aryl methyl sites for hydroxylation is 1. The molecular formula is C20H25NO. The fraction of sp³-hybridized carbons (Fsp3) is 0.350. The molecule has 0 N–H and O–H groups in total. The molecule has 0 bridgehead atoms. The standard InChI is InChI=1S/C20H25NO/c1-21(2)16-15-18-10-7-6-9-17(18)13-8-14-20(22)19-11-4-3-5-12-19/h3-7,9-12H,8,13-16H2,1-2H3. The third kappa shape index (κ3) is 5.12. The van der Waals surface area contributed by atoms with Crippen LogP contribution in [0.4, 0.5) is 0 Å². The van der Waals surface area contributed by atoms with Gasteiger partial charge in [0.2, 0.25) is 0 Å². The van der Waals surface area contributed by atoms with Gasteiger partial charge in [-0.25, -0.2) is 0 Å². The maximum atomic E-state index is 12.1. The van der Waals surface area contributed by atoms with Gasteiger partial charge in [-0.05, 0) is 44.5 Å². The molecule has 0 amide bonds. The number of hydrogen-bond acceptors (Lipinski definition) is 2. The first-order valence-electron chi connectivity index (χ1n) is 7.96. The van der Waals surface area contributed by atoms with Crippen molar-refractivity contribution >= 4 is 5.78 Å². The van der Waals surface area contributed by atoms with Gasteiger partial charge in [0.05, 0.1) is 0 Å². The largest absolute Gasteiger partial charge is 0.309 e. The SMILES string of the molecule is CN(C)CCc1ccccc1CCCC(=O)c1ccccc1. The minimum atomic E-state index is 0.242. The first-order valence-corrected chi connectivity index (χ1v) is 7.96. The highest BCUT2D eigenvalue weighted by Gasteiger charge is 2.07. The average molecular weight is 295 g/mol. The summed E-state index contributed by atoms with van der Waals surface area (Å²) in [6.07, 6.45) is 3.57. The number of ketones is 1. The zero-order valence-corrected chi connectivity index (χ0v) is 13.6. The summed E-state index contributed by atoms with van der Waals surface area (Å²) in [6.45, 7) is 1.06. The van der Waals surface area contributed by atoms with Crippen molar-refractivity contribution in [2.45, 2.75) is 25.7 Å². The molecule has 0 aliphatic carbocycles. The minimum Gasteiger partial charge on any atom is -0.309 e. The fourth-order valence-corrected chi connectivity index (χ4v) is 2.60. The smallest absolute Gasteiger partial charge is 0.162 e. The molecule has 22 heavy (non-hydrogen) atoms. The Balaban J connectivity index is 1.88. The molecule has 0 spiro atoms. The Kier molecular flexibility index (Phi) is 6.35. The second kappa shape index (κ2) is 8.50. The first kappa shape index (κ1) is 16.4. The monoisotopic (exact) mass is 295 g/mol. The van der Waals surface area contributed by atoms with E-state index in [9.17, 15) is 4.79 Å². The first-order chi connectivity index (χ1) is 10.7. The molecule has 2 aromatic carbocycles. The van der Waals surface area contributed by atoms with E-state index < -0.39 is 0 Å². The zero-order chi connectivity index (χ0) is 15.8. The highest BCUT2D eigenvalue weighted by atomic mass is 16.1. The number of nitrogens with zero attached hydrogens (tertiary/aromatic N) is 1. The van der Waals surface area contributed by atoms with E-state index >= 15 is 0 Å². The summed E-state index contributed by atoms with van der Waals surface area (Å²) in [6, 6.07) is 18.2. The lowest BCUT2D eigenvalue weighted by Gasteiger charge is -2.13. The summed E-state index contributed by atoms with van der Waals surface area (Å²) in [5.41, 5.74) is 3.61. The predicted molar refractivity (Wildman–Crippen MR) is 92.4 cm³/mol. The molecule has 0 saturated heterocycles. The van der Waals surface area contributed by atoms with Crippen LogP contribution in [0.15, 0.2) is 54.6 Å². The third-order valence-corrected chi connectivity index (χ3v) is 3.89. The van der Waals surface area contributed by atoms with Gasteiger partial charge in [-0.1, -0.05) is 54.6 Å². The van der Waals surface area contributed by atoms with E-state index in [1.807, 2.05) is 30.3 Å². The summed E-state index contributed by atoms with van der Waals surface area (Å²) < 4.78 is 0. The Morgan fingerprint density at radius 3 is 2.09 bits per heavy atom. The van der Waals surface area contributed by atoms with Gasteiger partial charge in [-0.3, -0.25) is 4.79 Å². The van der Waals surface area contributed by atoms with Crippen molar-refractivity contribution in [3.8, 4) is 0 Å². The maximum Gasteiger partial charge on any atom is 0.162 e. The molecule has 0 aliphatic rings. The van der Waals surface area contributed by atoms with Crippen LogP contribution in [-0.4, -0.2) is 31.3 Å². The van der Waals surface area contributed by atoms with Crippen molar-refractivity contribution in [1.29, 1.82) is 0 Å². The van der Waals surface area contributed by atoms with Crippen LogP contribution in [0, 0.1) is 0 Å². The summed E-state index contributed by atoms with van der Waals surface area (Å²) >= 11 is 0. The molecule has 0 aromatic heterocycles. The van der Waals surface area contributed by atoms with E-state index in [1.165, 1.54) is 11.1 Å². The molecule has 0 heterocycles. The topological polar surface area (TPSA) is 20.3 Å². The number of hydrogen-bond donors (Lipinski definition) is 0. The normalized spacial score (nSPS) is 10.9. The van der Waals surface area contributed by atoms with E-state index in [-0.39, 0.29) is 5.78 Å². The number of benzene rings is 2. The van der Waals surface area contributed by atoms with Gasteiger partial charge < -0.3 is 4.90 Å². The number of carbonyl (C=O) groups excluding carboxylic acids is 1. The van der Waals surface area contributed by atoms with Crippen LogP contribution in [0.25, 0.3) is 0 Å². The molecule has 2 aromatic rings. The van der Waals surface area contributed by atoms with Gasteiger partial charge in [0.25, 0.3) is 0 Å². The van der Waals surface area contributed by atoms with Crippen molar-refractivity contribution in [3.63, 3.8) is 0 Å². The molecule has 0 atom stereocenters. The second-order valence-electron chi connectivity index (χ2n) is 5.96. The van der Waals surface area contributed by atoms with Crippen molar-refractivity contribution in [2.75, 3.05) is 20.6 Å². The Labute approximate surface area is 133 Å². The van der Waals surface area contributed by atoms with E-state index in [0.717, 1.165) is 31.4 Å². The Morgan fingerprint density at radius 1 is 0.864 bits per heavy atom. The molecule has 0 unspecified atom stereocenters. The highest BCUT2D eigenvalue weighted by Crippen LogP contribution is 2.14. The van der Waals surface area contributed by atoms with Gasteiger partial charge in [0.15, 0.2) is 5.78 Å². The minimum absolute atomic E-state index is 0.242. The van der Waals surface area contributed by atoms with Crippen LogP contribution >= 0.6 is 0 Å². The van der Waals surface area contributed by atoms with Crippen LogP contribution in [0.2, 0.25) is 0 Å². The molecule has 2 nitrogen and oxygen atoms in total. The second-order valence-corrected chi connectivity index (χ2v) is 5.96. The predicted octanol–water partition coefficient (Wildman–Crippen LogP) is 4.00. The molecule has 2 heteroatoms. The van der Waals surface area contributed by atoms with Crippen LogP contribution in [-0.2, 0) is 12.8 Å². The number of Topliss-reactive ketones (excluding diaryl/α,β-unsaturated/α-hetero) is 1. The molecule has 2 rings (SSSR count). The molecule has 0 fully saturated rings. The summed E-state index contributed by atoms with van der Waals surface area (Å²) in [7, 11) is 4.20. The van der Waals surface area contributed by atoms with E-state index in [1.54, 1.807) is 0 Å².